The lowest BCUT2D eigenvalue weighted by atomic mass is 10.0. The lowest BCUT2D eigenvalue weighted by molar-refractivity contribution is 0.0613. The highest BCUT2D eigenvalue weighted by Crippen LogP contribution is 2.16. The Bertz CT molecular complexity index is 525. The molecule has 1 atom stereocenters. The van der Waals surface area contributed by atoms with E-state index in [0.717, 1.165) is 6.42 Å². The molecule has 0 amide bonds. The summed E-state index contributed by atoms with van der Waals surface area (Å²) in [4.78, 5) is 0. The van der Waals surface area contributed by atoms with E-state index in [0.29, 0.717) is 6.61 Å². The van der Waals surface area contributed by atoms with Crippen molar-refractivity contribution in [3.63, 3.8) is 0 Å². The van der Waals surface area contributed by atoms with Crippen LogP contribution in [-0.4, -0.2) is 18.8 Å². The highest BCUT2D eigenvalue weighted by atomic mass is 16.5. The molecule has 0 aromatic heterocycles. The van der Waals surface area contributed by atoms with Gasteiger partial charge in [0, 0.05) is 6.04 Å². The van der Waals surface area contributed by atoms with Gasteiger partial charge in [0.15, 0.2) is 0 Å². The zero-order valence-corrected chi connectivity index (χ0v) is 11.6. The monoisotopic (exact) mass is 258 g/mol. The molecule has 102 valence electrons. The third kappa shape index (κ3) is 4.03. The van der Waals surface area contributed by atoms with Crippen molar-refractivity contribution in [2.45, 2.75) is 32.4 Å². The maximum absolute atomic E-state index is 5.61. The van der Waals surface area contributed by atoms with Gasteiger partial charge in [0.05, 0.1) is 12.7 Å². The molecule has 3 heteroatoms. The van der Waals surface area contributed by atoms with Gasteiger partial charge in [-0.25, -0.2) is 0 Å². The largest absolute Gasteiger partial charge is 0.377 e. The molecule has 19 heavy (non-hydrogen) atoms. The minimum absolute atomic E-state index is 0.142. The van der Waals surface area contributed by atoms with Crippen LogP contribution in [0.4, 0.5) is 0 Å². The van der Waals surface area contributed by atoms with Crippen molar-refractivity contribution < 1.29 is 4.74 Å². The van der Waals surface area contributed by atoms with Gasteiger partial charge >= 0.3 is 0 Å². The van der Waals surface area contributed by atoms with E-state index < -0.39 is 0 Å². The minimum Gasteiger partial charge on any atom is -0.377 e. The quantitative estimate of drug-likeness (QED) is 0.618. The van der Waals surface area contributed by atoms with Crippen LogP contribution in [0.2, 0.25) is 0 Å². The van der Waals surface area contributed by atoms with Crippen molar-refractivity contribution in [1.82, 2.24) is 5.43 Å². The van der Waals surface area contributed by atoms with Gasteiger partial charge in [-0.2, -0.15) is 0 Å². The van der Waals surface area contributed by atoms with Gasteiger partial charge in [0.25, 0.3) is 0 Å². The van der Waals surface area contributed by atoms with Crippen LogP contribution in [0.25, 0.3) is 10.8 Å². The molecule has 0 fully saturated rings. The van der Waals surface area contributed by atoms with Crippen molar-refractivity contribution >= 4 is 10.8 Å². The summed E-state index contributed by atoms with van der Waals surface area (Å²) in [5.74, 6) is 5.59. The molecular formula is C16H22N2O. The normalized spacial score (nSPS) is 13.1. The molecule has 0 radical (unpaired) electrons. The van der Waals surface area contributed by atoms with Gasteiger partial charge in [-0.3, -0.25) is 11.3 Å². The first-order valence-corrected chi connectivity index (χ1v) is 6.74. The molecule has 0 spiro atoms. The third-order valence-corrected chi connectivity index (χ3v) is 3.16. The van der Waals surface area contributed by atoms with Gasteiger partial charge < -0.3 is 4.74 Å². The Kier molecular flexibility index (Phi) is 4.91. The number of fused-ring (bicyclic) bond motifs is 1. The smallest absolute Gasteiger partial charge is 0.0639 e. The number of hydrogen-bond acceptors (Lipinski definition) is 3. The predicted octanol–water partition coefficient (Wildman–Crippen LogP) is 2.64. The van der Waals surface area contributed by atoms with Gasteiger partial charge in [0.2, 0.25) is 0 Å². The summed E-state index contributed by atoms with van der Waals surface area (Å²) in [6, 6.07) is 15.0. The molecule has 0 aliphatic heterocycles. The topological polar surface area (TPSA) is 47.3 Å². The molecule has 0 saturated carbocycles. The Labute approximate surface area is 114 Å². The van der Waals surface area contributed by atoms with Crippen LogP contribution in [0.5, 0.6) is 0 Å². The molecular weight excluding hydrogens is 236 g/mol. The first-order valence-electron chi connectivity index (χ1n) is 6.74. The second kappa shape index (κ2) is 6.66. The molecule has 0 aliphatic rings. The van der Waals surface area contributed by atoms with Gasteiger partial charge in [0.1, 0.15) is 0 Å². The van der Waals surface area contributed by atoms with Crippen LogP contribution >= 0.6 is 0 Å². The summed E-state index contributed by atoms with van der Waals surface area (Å²) in [5, 5.41) is 2.53. The molecule has 1 unspecified atom stereocenters. The molecule has 2 aromatic rings. The fourth-order valence-corrected chi connectivity index (χ4v) is 2.12. The molecule has 0 heterocycles. The standard InChI is InChI=1S/C16H22N2O/c1-12(2)19-11-16(18-17)10-13-7-8-14-5-3-4-6-15(14)9-13/h3-9,12,16,18H,10-11,17H2,1-2H3. The Morgan fingerprint density at radius 1 is 1.11 bits per heavy atom. The van der Waals surface area contributed by atoms with E-state index in [1.807, 2.05) is 13.8 Å². The number of ether oxygens (including phenoxy) is 1. The van der Waals surface area contributed by atoms with Crippen molar-refractivity contribution in [2.75, 3.05) is 6.61 Å². The third-order valence-electron chi connectivity index (χ3n) is 3.16. The van der Waals surface area contributed by atoms with E-state index in [1.165, 1.54) is 16.3 Å². The Morgan fingerprint density at radius 3 is 2.53 bits per heavy atom. The first kappa shape index (κ1) is 14.0. The fraction of sp³-hybridized carbons (Fsp3) is 0.375. The van der Waals surface area contributed by atoms with Crippen LogP contribution in [-0.2, 0) is 11.2 Å². The van der Waals surface area contributed by atoms with E-state index in [-0.39, 0.29) is 12.1 Å². The Morgan fingerprint density at radius 2 is 1.84 bits per heavy atom. The lowest BCUT2D eigenvalue weighted by Crippen LogP contribution is -2.40. The SMILES string of the molecule is CC(C)OCC(Cc1ccc2ccccc2c1)NN. The van der Waals surface area contributed by atoms with E-state index >= 15 is 0 Å². The molecule has 3 nitrogen and oxygen atoms in total. The highest BCUT2D eigenvalue weighted by Gasteiger charge is 2.09. The van der Waals surface area contributed by atoms with Crippen molar-refractivity contribution in [3.05, 3.63) is 48.0 Å². The molecule has 2 rings (SSSR count). The lowest BCUT2D eigenvalue weighted by Gasteiger charge is -2.18. The molecule has 3 N–H and O–H groups in total. The molecule has 0 aliphatic carbocycles. The number of nitrogens with two attached hydrogens (primary N) is 1. The predicted molar refractivity (Wildman–Crippen MR) is 79.9 cm³/mol. The fourth-order valence-electron chi connectivity index (χ4n) is 2.12. The second-order valence-electron chi connectivity index (χ2n) is 5.13. The summed E-state index contributed by atoms with van der Waals surface area (Å²) in [5.41, 5.74) is 4.10. The number of hydrazine groups is 1. The maximum Gasteiger partial charge on any atom is 0.0639 e. The average molecular weight is 258 g/mol. The van der Waals surface area contributed by atoms with E-state index in [9.17, 15) is 0 Å². The van der Waals surface area contributed by atoms with Crippen molar-refractivity contribution in [3.8, 4) is 0 Å². The van der Waals surface area contributed by atoms with E-state index in [1.54, 1.807) is 0 Å². The number of nitrogens with one attached hydrogen (secondary N) is 1. The van der Waals surface area contributed by atoms with Gasteiger partial charge in [-0.1, -0.05) is 42.5 Å². The molecule has 0 bridgehead atoms. The summed E-state index contributed by atoms with van der Waals surface area (Å²) in [7, 11) is 0. The van der Waals surface area contributed by atoms with Crippen LogP contribution in [0, 0.1) is 0 Å². The Hall–Kier alpha value is -1.42. The Balaban J connectivity index is 2.06. The van der Waals surface area contributed by atoms with Crippen LogP contribution in [0.3, 0.4) is 0 Å². The number of rotatable bonds is 6. The van der Waals surface area contributed by atoms with Crippen molar-refractivity contribution in [1.29, 1.82) is 0 Å². The van der Waals surface area contributed by atoms with Crippen molar-refractivity contribution in [2.24, 2.45) is 5.84 Å². The van der Waals surface area contributed by atoms with Gasteiger partial charge in [-0.15, -0.1) is 0 Å². The number of benzene rings is 2. The summed E-state index contributed by atoms with van der Waals surface area (Å²) >= 11 is 0. The zero-order valence-electron chi connectivity index (χ0n) is 11.6. The van der Waals surface area contributed by atoms with Crippen LogP contribution in [0.15, 0.2) is 42.5 Å². The summed E-state index contributed by atoms with van der Waals surface area (Å²) < 4.78 is 5.61. The van der Waals surface area contributed by atoms with E-state index in [2.05, 4.69) is 47.9 Å². The van der Waals surface area contributed by atoms with Gasteiger partial charge in [-0.05, 0) is 36.6 Å². The number of hydrogen-bond donors (Lipinski definition) is 2. The molecule has 2 aromatic carbocycles. The summed E-state index contributed by atoms with van der Waals surface area (Å²) in [6.45, 7) is 4.69. The zero-order chi connectivity index (χ0) is 13.7. The second-order valence-corrected chi connectivity index (χ2v) is 5.13. The summed E-state index contributed by atoms with van der Waals surface area (Å²) in [6.07, 6.45) is 1.10. The average Bonchev–Trinajstić information content (AvgIpc) is 2.43. The highest BCUT2D eigenvalue weighted by molar-refractivity contribution is 5.82. The minimum atomic E-state index is 0.142. The maximum atomic E-state index is 5.61. The molecule has 0 saturated heterocycles. The van der Waals surface area contributed by atoms with E-state index in [4.69, 9.17) is 10.6 Å². The van der Waals surface area contributed by atoms with Crippen LogP contribution < -0.4 is 11.3 Å². The first-order chi connectivity index (χ1) is 9.19. The van der Waals surface area contributed by atoms with Crippen LogP contribution in [0.1, 0.15) is 19.4 Å².